The first-order valence-corrected chi connectivity index (χ1v) is 9.86. The van der Waals surface area contributed by atoms with Crippen molar-refractivity contribution in [3.05, 3.63) is 6.20 Å². The Morgan fingerprint density at radius 3 is 2.61 bits per heavy atom. The molecule has 0 atom stereocenters. The highest BCUT2D eigenvalue weighted by Gasteiger charge is 2.33. The largest absolute Gasteiger partial charge is 0.444 e. The van der Waals surface area contributed by atoms with Gasteiger partial charge >= 0.3 is 6.09 Å². The number of nitrogen functional groups attached to an aromatic ring is 1. The van der Waals surface area contributed by atoms with Crippen LogP contribution in [0.4, 0.5) is 22.2 Å². The Kier molecular flexibility index (Phi) is 5.83. The molecule has 0 bridgehead atoms. The molecular formula is C19H32N6O3. The van der Waals surface area contributed by atoms with Crippen LogP contribution in [0.5, 0.6) is 0 Å². The lowest BCUT2D eigenvalue weighted by atomic mass is 9.87. The highest BCUT2D eigenvalue weighted by molar-refractivity contribution is 5.68. The van der Waals surface area contributed by atoms with E-state index in [1.54, 1.807) is 6.20 Å². The number of hydrogen-bond acceptors (Lipinski definition) is 8. The van der Waals surface area contributed by atoms with Gasteiger partial charge in [0.1, 0.15) is 5.60 Å². The van der Waals surface area contributed by atoms with Gasteiger partial charge in [-0.25, -0.2) is 9.78 Å². The average molecular weight is 393 g/mol. The minimum Gasteiger partial charge on any atom is -0.444 e. The van der Waals surface area contributed by atoms with E-state index < -0.39 is 5.60 Å². The number of rotatable bonds is 5. The molecule has 156 valence electrons. The molecule has 28 heavy (non-hydrogen) atoms. The van der Waals surface area contributed by atoms with Crippen LogP contribution in [0, 0.1) is 0 Å². The summed E-state index contributed by atoms with van der Waals surface area (Å²) in [7, 11) is 0. The van der Waals surface area contributed by atoms with Crippen molar-refractivity contribution in [2.45, 2.75) is 76.6 Å². The number of hydrogen-bond donors (Lipinski definition) is 4. The van der Waals surface area contributed by atoms with Crippen LogP contribution in [0.3, 0.4) is 0 Å². The van der Waals surface area contributed by atoms with Gasteiger partial charge in [-0.3, -0.25) is 0 Å². The highest BCUT2D eigenvalue weighted by Crippen LogP contribution is 2.28. The van der Waals surface area contributed by atoms with Gasteiger partial charge in [0, 0.05) is 30.8 Å². The molecule has 0 spiro atoms. The summed E-state index contributed by atoms with van der Waals surface area (Å²) in [6.07, 6.45) is 4.64. The van der Waals surface area contributed by atoms with Crippen LogP contribution < -0.4 is 21.7 Å². The van der Waals surface area contributed by atoms with E-state index in [4.69, 9.17) is 15.2 Å². The second-order valence-corrected chi connectivity index (χ2v) is 8.95. The monoisotopic (exact) mass is 392 g/mol. The molecule has 2 fully saturated rings. The molecule has 1 saturated carbocycles. The number of aromatic nitrogens is 2. The summed E-state index contributed by atoms with van der Waals surface area (Å²) in [6.45, 7) is 9.17. The summed E-state index contributed by atoms with van der Waals surface area (Å²) in [4.78, 5) is 20.7. The van der Waals surface area contributed by atoms with Crippen molar-refractivity contribution < 1.29 is 14.3 Å². The second-order valence-electron chi connectivity index (χ2n) is 8.95. The number of nitrogens with zero attached hydrogens (tertiary/aromatic N) is 2. The molecule has 0 aromatic carbocycles. The molecule has 1 aliphatic heterocycles. The maximum absolute atomic E-state index is 11.8. The Bertz CT molecular complexity index is 693. The fourth-order valence-corrected chi connectivity index (χ4v) is 3.30. The Labute approximate surface area is 166 Å². The van der Waals surface area contributed by atoms with E-state index in [9.17, 15) is 4.79 Å². The summed E-state index contributed by atoms with van der Waals surface area (Å²) in [5.41, 5.74) is 5.97. The summed E-state index contributed by atoms with van der Waals surface area (Å²) in [5, 5.41) is 9.66. The number of ether oxygens (including phenoxy) is 2. The van der Waals surface area contributed by atoms with Gasteiger partial charge < -0.3 is 31.2 Å². The van der Waals surface area contributed by atoms with Crippen molar-refractivity contribution in [1.29, 1.82) is 0 Å². The number of amides is 1. The minimum atomic E-state index is -0.495. The lowest BCUT2D eigenvalue weighted by Gasteiger charge is -2.37. The van der Waals surface area contributed by atoms with Gasteiger partial charge in [-0.15, -0.1) is 0 Å². The molecule has 2 aliphatic rings. The van der Waals surface area contributed by atoms with Gasteiger partial charge in [-0.1, -0.05) is 0 Å². The fourth-order valence-electron chi connectivity index (χ4n) is 3.30. The molecule has 3 rings (SSSR count). The Morgan fingerprint density at radius 1 is 1.29 bits per heavy atom. The first-order chi connectivity index (χ1) is 13.1. The van der Waals surface area contributed by atoms with Crippen molar-refractivity contribution in [3.8, 4) is 0 Å². The van der Waals surface area contributed by atoms with E-state index in [1.165, 1.54) is 0 Å². The number of nitrogens with one attached hydrogen (secondary N) is 3. The van der Waals surface area contributed by atoms with Crippen molar-refractivity contribution in [1.82, 2.24) is 15.3 Å². The first kappa shape index (κ1) is 20.4. The topological polar surface area (TPSA) is 123 Å². The molecule has 1 amide bonds. The molecule has 9 heteroatoms. The van der Waals surface area contributed by atoms with E-state index >= 15 is 0 Å². The van der Waals surface area contributed by atoms with Gasteiger partial charge in [-0.05, 0) is 53.4 Å². The molecule has 9 nitrogen and oxygen atoms in total. The van der Waals surface area contributed by atoms with E-state index in [-0.39, 0.29) is 23.7 Å². The van der Waals surface area contributed by atoms with Crippen LogP contribution in [0.15, 0.2) is 6.20 Å². The van der Waals surface area contributed by atoms with Gasteiger partial charge in [0.2, 0.25) is 5.95 Å². The predicted molar refractivity (Wildman–Crippen MR) is 108 cm³/mol. The molecule has 5 N–H and O–H groups in total. The number of anilines is 3. The van der Waals surface area contributed by atoms with Crippen LogP contribution in [-0.4, -0.2) is 52.5 Å². The first-order valence-electron chi connectivity index (χ1n) is 9.86. The minimum absolute atomic E-state index is 0.0788. The van der Waals surface area contributed by atoms with Gasteiger partial charge in [0.25, 0.3) is 0 Å². The number of nitrogens with two attached hydrogens (primary N) is 1. The summed E-state index contributed by atoms with van der Waals surface area (Å²) in [5.74, 6) is 1.18. The number of carbonyl (C=O) groups is 1. The van der Waals surface area contributed by atoms with E-state index in [2.05, 4.69) is 32.8 Å². The lowest BCUT2D eigenvalue weighted by molar-refractivity contribution is 0.0475. The van der Waals surface area contributed by atoms with E-state index in [0.29, 0.717) is 17.5 Å². The zero-order chi connectivity index (χ0) is 20.4. The average Bonchev–Trinajstić information content (AvgIpc) is 2.54. The molecule has 1 aromatic heterocycles. The van der Waals surface area contributed by atoms with Gasteiger partial charge in [0.05, 0.1) is 11.9 Å². The van der Waals surface area contributed by atoms with Crippen molar-refractivity contribution in [3.63, 3.8) is 0 Å². The van der Waals surface area contributed by atoms with E-state index in [1.807, 2.05) is 20.8 Å². The van der Waals surface area contributed by atoms with E-state index in [0.717, 1.165) is 38.9 Å². The molecule has 1 saturated heterocycles. The van der Waals surface area contributed by atoms with Crippen LogP contribution in [0.1, 0.15) is 53.4 Å². The molecular weight excluding hydrogens is 360 g/mol. The molecule has 1 aliphatic carbocycles. The highest BCUT2D eigenvalue weighted by atomic mass is 16.6. The third-order valence-corrected chi connectivity index (χ3v) is 5.03. The third kappa shape index (κ3) is 5.60. The molecule has 0 radical (unpaired) electrons. The zero-order valence-corrected chi connectivity index (χ0v) is 17.2. The van der Waals surface area contributed by atoms with Crippen molar-refractivity contribution in [2.75, 3.05) is 29.6 Å². The molecule has 0 unspecified atom stereocenters. The zero-order valence-electron chi connectivity index (χ0n) is 17.2. The van der Waals surface area contributed by atoms with Crippen LogP contribution in [-0.2, 0) is 9.47 Å². The quantitative estimate of drug-likeness (QED) is 0.603. The van der Waals surface area contributed by atoms with Gasteiger partial charge in [-0.2, -0.15) is 4.98 Å². The predicted octanol–water partition coefficient (Wildman–Crippen LogP) is 2.51. The van der Waals surface area contributed by atoms with Crippen LogP contribution in [0.25, 0.3) is 0 Å². The number of alkyl carbamates (subject to hydrolysis) is 1. The Balaban J connectivity index is 1.51. The van der Waals surface area contributed by atoms with Crippen LogP contribution >= 0.6 is 0 Å². The second kappa shape index (κ2) is 7.98. The smallest absolute Gasteiger partial charge is 0.407 e. The van der Waals surface area contributed by atoms with Crippen LogP contribution in [0.2, 0.25) is 0 Å². The fraction of sp³-hybridized carbons (Fsp3) is 0.737. The maximum atomic E-state index is 11.8. The lowest BCUT2D eigenvalue weighted by Crippen LogP contribution is -2.50. The maximum Gasteiger partial charge on any atom is 0.407 e. The summed E-state index contributed by atoms with van der Waals surface area (Å²) >= 11 is 0. The number of carbonyl (C=O) groups excluding carboxylic acids is 1. The SMILES string of the molecule is CC1(Nc2ncc(N)c(NC3CC(NC(=O)OC(C)(C)C)C3)n2)CCOCC1. The Morgan fingerprint density at radius 2 is 1.96 bits per heavy atom. The standard InChI is InChI=1S/C19H32N6O3/c1-18(2,3)28-17(26)23-13-9-12(10-13)22-15-14(20)11-21-16(24-15)25-19(4)5-7-27-8-6-19/h11-13H,5-10,20H2,1-4H3,(H,23,26)(H2,21,22,24,25). The normalized spacial score (nSPS) is 24.0. The van der Waals surface area contributed by atoms with Crippen molar-refractivity contribution in [2.24, 2.45) is 0 Å². The van der Waals surface area contributed by atoms with Gasteiger partial charge in [0.15, 0.2) is 5.82 Å². The summed E-state index contributed by atoms with van der Waals surface area (Å²) in [6, 6.07) is 0.290. The molecule has 2 heterocycles. The molecule has 1 aromatic rings. The third-order valence-electron chi connectivity index (χ3n) is 5.03. The van der Waals surface area contributed by atoms with Crippen molar-refractivity contribution >= 4 is 23.5 Å². The Hall–Kier alpha value is -2.29. The summed E-state index contributed by atoms with van der Waals surface area (Å²) < 4.78 is 10.7.